The molecule has 2 fully saturated rings. The predicted molar refractivity (Wildman–Crippen MR) is 76.6 cm³/mol. The van der Waals surface area contributed by atoms with Gasteiger partial charge in [0.1, 0.15) is 5.82 Å². The number of fused-ring (bicyclic) bond motifs is 2. The monoisotopic (exact) mass is 275 g/mol. The molecule has 1 aromatic carbocycles. The Bertz CT molecular complexity index is 502. The van der Waals surface area contributed by atoms with Crippen LogP contribution in [0.3, 0.4) is 0 Å². The molecule has 2 nitrogen and oxygen atoms in total. The van der Waals surface area contributed by atoms with Gasteiger partial charge in [0.15, 0.2) is 0 Å². The van der Waals surface area contributed by atoms with Crippen molar-refractivity contribution in [3.63, 3.8) is 0 Å². The summed E-state index contributed by atoms with van der Waals surface area (Å²) < 4.78 is 13.5. The van der Waals surface area contributed by atoms with E-state index >= 15 is 0 Å². The van der Waals surface area contributed by atoms with Crippen LogP contribution in [0.15, 0.2) is 24.3 Å². The highest BCUT2D eigenvalue weighted by Crippen LogP contribution is 2.49. The quantitative estimate of drug-likeness (QED) is 0.897. The molecule has 1 aromatic rings. The second-order valence-corrected chi connectivity index (χ2v) is 6.46. The van der Waals surface area contributed by atoms with Crippen LogP contribution >= 0.6 is 0 Å². The Hall–Kier alpha value is -1.38. The molecule has 4 atom stereocenters. The fraction of sp³-hybridized carbons (Fsp3) is 0.588. The minimum absolute atomic E-state index is 0.0645. The zero-order chi connectivity index (χ0) is 14.1. The van der Waals surface area contributed by atoms with E-state index in [2.05, 4.69) is 12.2 Å². The van der Waals surface area contributed by atoms with Gasteiger partial charge in [-0.2, -0.15) is 0 Å². The summed E-state index contributed by atoms with van der Waals surface area (Å²) in [5.74, 6) is 1.94. The lowest BCUT2D eigenvalue weighted by Gasteiger charge is -2.28. The number of rotatable bonds is 4. The van der Waals surface area contributed by atoms with Gasteiger partial charge in [-0.3, -0.25) is 4.79 Å². The summed E-state index contributed by atoms with van der Waals surface area (Å²) in [5, 5.41) is 3.08. The average molecular weight is 275 g/mol. The lowest BCUT2D eigenvalue weighted by atomic mass is 9.84. The Balaban J connectivity index is 1.55. The summed E-state index contributed by atoms with van der Waals surface area (Å²) in [7, 11) is 0. The van der Waals surface area contributed by atoms with Gasteiger partial charge in [0.2, 0.25) is 5.91 Å². The fourth-order valence-corrected chi connectivity index (χ4v) is 4.13. The third-order valence-electron chi connectivity index (χ3n) is 5.13. The topological polar surface area (TPSA) is 29.1 Å². The van der Waals surface area contributed by atoms with Crippen molar-refractivity contribution < 1.29 is 9.18 Å². The SMILES string of the molecule is CC(NC(=O)Cc1ccccc1F)C1CC2CCC1C2. The summed E-state index contributed by atoms with van der Waals surface area (Å²) in [6.45, 7) is 2.10. The van der Waals surface area contributed by atoms with Gasteiger partial charge in [-0.1, -0.05) is 24.6 Å². The average Bonchev–Trinajstić information content (AvgIpc) is 3.03. The normalized spacial score (nSPS) is 29.4. The van der Waals surface area contributed by atoms with E-state index in [1.165, 1.54) is 31.7 Å². The Morgan fingerprint density at radius 3 is 2.80 bits per heavy atom. The third-order valence-corrected chi connectivity index (χ3v) is 5.13. The number of hydrogen-bond acceptors (Lipinski definition) is 1. The van der Waals surface area contributed by atoms with Crippen molar-refractivity contribution in [3.8, 4) is 0 Å². The van der Waals surface area contributed by atoms with Crippen LogP contribution in [0.25, 0.3) is 0 Å². The minimum Gasteiger partial charge on any atom is -0.353 e. The molecule has 20 heavy (non-hydrogen) atoms. The van der Waals surface area contributed by atoms with Crippen LogP contribution in [0.2, 0.25) is 0 Å². The summed E-state index contributed by atoms with van der Waals surface area (Å²) in [6, 6.07) is 6.71. The highest BCUT2D eigenvalue weighted by molar-refractivity contribution is 5.78. The predicted octanol–water partition coefficient (Wildman–Crippen LogP) is 3.31. The van der Waals surface area contributed by atoms with Crippen molar-refractivity contribution in [1.82, 2.24) is 5.32 Å². The first kappa shape index (κ1) is 13.6. The van der Waals surface area contributed by atoms with Gasteiger partial charge < -0.3 is 5.32 Å². The molecule has 0 spiro atoms. The molecular weight excluding hydrogens is 253 g/mol. The van der Waals surface area contributed by atoms with Crippen molar-refractivity contribution in [1.29, 1.82) is 0 Å². The number of halogens is 1. The van der Waals surface area contributed by atoms with E-state index in [-0.39, 0.29) is 24.2 Å². The van der Waals surface area contributed by atoms with Crippen molar-refractivity contribution in [2.75, 3.05) is 0 Å². The van der Waals surface area contributed by atoms with Crippen molar-refractivity contribution >= 4 is 5.91 Å². The molecule has 0 aliphatic heterocycles. The first-order valence-corrected chi connectivity index (χ1v) is 7.66. The lowest BCUT2D eigenvalue weighted by Crippen LogP contribution is -2.40. The molecule has 0 radical (unpaired) electrons. The van der Waals surface area contributed by atoms with Gasteiger partial charge in [0, 0.05) is 6.04 Å². The highest BCUT2D eigenvalue weighted by Gasteiger charge is 2.42. The van der Waals surface area contributed by atoms with Gasteiger partial charge in [0.25, 0.3) is 0 Å². The van der Waals surface area contributed by atoms with E-state index in [0.717, 1.165) is 11.8 Å². The maximum atomic E-state index is 13.5. The highest BCUT2D eigenvalue weighted by atomic mass is 19.1. The number of carbonyl (C=O) groups is 1. The summed E-state index contributed by atoms with van der Waals surface area (Å²) in [5.41, 5.74) is 0.477. The van der Waals surface area contributed by atoms with Crippen LogP contribution in [0, 0.1) is 23.6 Å². The minimum atomic E-state index is -0.296. The zero-order valence-electron chi connectivity index (χ0n) is 11.9. The van der Waals surface area contributed by atoms with E-state index in [0.29, 0.717) is 11.5 Å². The van der Waals surface area contributed by atoms with Gasteiger partial charge in [-0.05, 0) is 55.6 Å². The van der Waals surface area contributed by atoms with E-state index in [9.17, 15) is 9.18 Å². The summed E-state index contributed by atoms with van der Waals surface area (Å²) >= 11 is 0. The Kier molecular flexibility index (Phi) is 3.77. The maximum Gasteiger partial charge on any atom is 0.224 e. The summed E-state index contributed by atoms with van der Waals surface area (Å²) in [4.78, 5) is 12.1. The van der Waals surface area contributed by atoms with Crippen LogP contribution in [0.1, 0.15) is 38.2 Å². The van der Waals surface area contributed by atoms with Gasteiger partial charge in [-0.25, -0.2) is 4.39 Å². The first-order valence-electron chi connectivity index (χ1n) is 7.66. The number of carbonyl (C=O) groups excluding carboxylic acids is 1. The Labute approximate surface area is 119 Å². The number of hydrogen-bond donors (Lipinski definition) is 1. The van der Waals surface area contributed by atoms with Crippen molar-refractivity contribution in [2.24, 2.45) is 17.8 Å². The standard InChI is InChI=1S/C17H22FNO/c1-11(15-9-12-6-7-13(15)8-12)19-17(20)10-14-4-2-3-5-16(14)18/h2-5,11-13,15H,6-10H2,1H3,(H,19,20). The number of nitrogens with one attached hydrogen (secondary N) is 1. The van der Waals surface area contributed by atoms with Crippen LogP contribution in [0.5, 0.6) is 0 Å². The molecule has 2 bridgehead atoms. The van der Waals surface area contributed by atoms with E-state index in [1.807, 2.05) is 0 Å². The molecular formula is C17H22FNO. The van der Waals surface area contributed by atoms with Crippen LogP contribution < -0.4 is 5.32 Å². The van der Waals surface area contributed by atoms with Crippen molar-refractivity contribution in [3.05, 3.63) is 35.6 Å². The molecule has 1 amide bonds. The van der Waals surface area contributed by atoms with E-state index in [4.69, 9.17) is 0 Å². The largest absolute Gasteiger partial charge is 0.353 e. The number of benzene rings is 1. The second-order valence-electron chi connectivity index (χ2n) is 6.46. The van der Waals surface area contributed by atoms with Crippen LogP contribution in [0.4, 0.5) is 4.39 Å². The zero-order valence-corrected chi connectivity index (χ0v) is 11.9. The molecule has 3 rings (SSSR count). The molecule has 0 saturated heterocycles. The molecule has 2 aliphatic rings. The van der Waals surface area contributed by atoms with E-state index in [1.54, 1.807) is 18.2 Å². The van der Waals surface area contributed by atoms with Crippen LogP contribution in [-0.2, 0) is 11.2 Å². The molecule has 4 unspecified atom stereocenters. The Morgan fingerprint density at radius 2 is 2.15 bits per heavy atom. The van der Waals surface area contributed by atoms with E-state index < -0.39 is 0 Å². The molecule has 3 heteroatoms. The molecule has 2 saturated carbocycles. The van der Waals surface area contributed by atoms with Gasteiger partial charge in [-0.15, -0.1) is 0 Å². The Morgan fingerprint density at radius 1 is 1.35 bits per heavy atom. The number of amides is 1. The van der Waals surface area contributed by atoms with Gasteiger partial charge >= 0.3 is 0 Å². The molecule has 2 aliphatic carbocycles. The van der Waals surface area contributed by atoms with Gasteiger partial charge in [0.05, 0.1) is 6.42 Å². The third kappa shape index (κ3) is 2.72. The lowest BCUT2D eigenvalue weighted by molar-refractivity contribution is -0.121. The van der Waals surface area contributed by atoms with Crippen LogP contribution in [-0.4, -0.2) is 11.9 Å². The first-order chi connectivity index (χ1) is 9.63. The van der Waals surface area contributed by atoms with Crippen molar-refractivity contribution in [2.45, 2.75) is 45.1 Å². The second kappa shape index (κ2) is 5.55. The molecule has 1 N–H and O–H groups in total. The molecule has 0 aromatic heterocycles. The smallest absolute Gasteiger partial charge is 0.224 e. The summed E-state index contributed by atoms with van der Waals surface area (Å²) in [6.07, 6.45) is 5.43. The molecule has 108 valence electrons. The maximum absolute atomic E-state index is 13.5. The molecule has 0 heterocycles. The fourth-order valence-electron chi connectivity index (χ4n) is 4.13.